The van der Waals surface area contributed by atoms with E-state index in [-0.39, 0.29) is 0 Å². The average Bonchev–Trinajstić information content (AvgIpc) is 2.17. The van der Waals surface area contributed by atoms with E-state index in [2.05, 4.69) is 0 Å². The van der Waals surface area contributed by atoms with Crippen LogP contribution in [0.3, 0.4) is 0 Å². The van der Waals surface area contributed by atoms with Gasteiger partial charge in [0.25, 0.3) is 0 Å². The van der Waals surface area contributed by atoms with Crippen LogP contribution < -0.4 is 4.74 Å². The summed E-state index contributed by atoms with van der Waals surface area (Å²) < 4.78 is 5.21. The molecule has 0 aromatic heterocycles. The summed E-state index contributed by atoms with van der Waals surface area (Å²) in [5.41, 5.74) is 1.62. The highest BCUT2D eigenvalue weighted by atomic mass is 16.5. The third-order valence-corrected chi connectivity index (χ3v) is 1.81. The Bertz CT molecular complexity index is 340. The molecule has 0 N–H and O–H groups in total. The third kappa shape index (κ3) is 1.11. The van der Waals surface area contributed by atoms with Crippen molar-refractivity contribution < 1.29 is 9.53 Å². The molecule has 1 aromatic rings. The smallest absolute Gasteiger partial charge is 0.233 e. The molecule has 0 saturated carbocycles. The maximum Gasteiger partial charge on any atom is 0.233 e. The minimum absolute atomic E-state index is 0.577. The Labute approximate surface area is 70.5 Å². The lowest BCUT2D eigenvalue weighted by molar-refractivity contribution is 0.464. The van der Waals surface area contributed by atoms with Crippen molar-refractivity contribution >= 4 is 6.29 Å². The molecule has 2 rings (SSSR count). The monoisotopic (exact) mass is 159 g/mol. The first-order valence-electron chi connectivity index (χ1n) is 3.73. The summed E-state index contributed by atoms with van der Waals surface area (Å²) in [6.45, 7) is 0. The first kappa shape index (κ1) is 7.10. The molecule has 0 fully saturated rings. The van der Waals surface area contributed by atoms with Crippen molar-refractivity contribution in [3.05, 3.63) is 41.7 Å². The number of benzene rings is 1. The van der Waals surface area contributed by atoms with Crippen LogP contribution in [-0.2, 0) is 11.2 Å². The second kappa shape index (κ2) is 2.81. The minimum atomic E-state index is 0.577. The molecule has 0 atom stereocenters. The molecule has 0 spiro atoms. The number of fused-ring (bicyclic) bond motifs is 1. The van der Waals surface area contributed by atoms with E-state index < -0.39 is 0 Å². The van der Waals surface area contributed by atoms with Gasteiger partial charge in [0.05, 0.1) is 6.26 Å². The Morgan fingerprint density at radius 1 is 1.42 bits per heavy atom. The number of hydrogen-bond acceptors (Lipinski definition) is 2. The van der Waals surface area contributed by atoms with Crippen molar-refractivity contribution in [3.8, 4) is 5.75 Å². The predicted molar refractivity (Wildman–Crippen MR) is 44.7 cm³/mol. The molecular formula is C10H7O2. The molecule has 12 heavy (non-hydrogen) atoms. The van der Waals surface area contributed by atoms with Gasteiger partial charge in [0, 0.05) is 5.56 Å². The molecule has 59 valence electrons. The lowest BCUT2D eigenvalue weighted by Crippen LogP contribution is -1.97. The van der Waals surface area contributed by atoms with Crippen LogP contribution in [0, 0.1) is 0 Å². The van der Waals surface area contributed by atoms with Gasteiger partial charge < -0.3 is 4.74 Å². The molecule has 1 radical (unpaired) electrons. The Balaban J connectivity index is 2.46. The summed E-state index contributed by atoms with van der Waals surface area (Å²) in [6, 6.07) is 5.29. The molecule has 0 aliphatic carbocycles. The van der Waals surface area contributed by atoms with Gasteiger partial charge in [-0.05, 0) is 36.3 Å². The first-order valence-corrected chi connectivity index (χ1v) is 3.73. The maximum absolute atomic E-state index is 10.3. The lowest BCUT2D eigenvalue weighted by Gasteiger charge is -2.10. The highest BCUT2D eigenvalue weighted by molar-refractivity contribution is 5.76. The molecule has 2 nitrogen and oxygen atoms in total. The minimum Gasteiger partial charge on any atom is -0.465 e. The van der Waals surface area contributed by atoms with Gasteiger partial charge in [0.2, 0.25) is 6.29 Å². The van der Waals surface area contributed by atoms with Crippen LogP contribution in [0.5, 0.6) is 5.75 Å². The first-order chi connectivity index (χ1) is 5.90. The number of carbonyl (C=O) groups excluding carboxylic acids is 1. The Kier molecular flexibility index (Phi) is 1.67. The zero-order chi connectivity index (χ0) is 8.39. The summed E-state index contributed by atoms with van der Waals surface area (Å²) in [7, 11) is 0. The summed E-state index contributed by atoms with van der Waals surface area (Å²) in [6.07, 6.45) is 6.24. The van der Waals surface area contributed by atoms with Crippen molar-refractivity contribution in [3.63, 3.8) is 0 Å². The summed E-state index contributed by atoms with van der Waals surface area (Å²) in [5, 5.41) is 0. The highest BCUT2D eigenvalue weighted by Crippen LogP contribution is 2.23. The van der Waals surface area contributed by atoms with E-state index in [1.54, 1.807) is 24.5 Å². The van der Waals surface area contributed by atoms with Crippen LogP contribution in [0.2, 0.25) is 0 Å². The van der Waals surface area contributed by atoms with Crippen molar-refractivity contribution in [2.75, 3.05) is 0 Å². The number of hydrogen-bond donors (Lipinski definition) is 0. The third-order valence-electron chi connectivity index (χ3n) is 1.81. The Morgan fingerprint density at radius 3 is 3.17 bits per heavy atom. The standard InChI is InChI=1S/C10H7O2/c11-7-8-3-4-10-9(6-8)2-1-5-12-10/h1,3-6H,2H2. The molecule has 0 unspecified atom stereocenters. The molecule has 0 bridgehead atoms. The highest BCUT2D eigenvalue weighted by Gasteiger charge is 2.06. The van der Waals surface area contributed by atoms with Crippen molar-refractivity contribution in [2.45, 2.75) is 6.42 Å². The van der Waals surface area contributed by atoms with E-state index in [9.17, 15) is 4.79 Å². The lowest BCUT2D eigenvalue weighted by atomic mass is 10.1. The molecule has 1 aliphatic rings. The molecule has 1 aromatic carbocycles. The predicted octanol–water partition coefficient (Wildman–Crippen LogP) is 1.59. The van der Waals surface area contributed by atoms with E-state index in [4.69, 9.17) is 4.74 Å². The van der Waals surface area contributed by atoms with E-state index in [0.29, 0.717) is 5.56 Å². The van der Waals surface area contributed by atoms with Crippen LogP contribution in [0.4, 0.5) is 0 Å². The molecule has 0 saturated heterocycles. The van der Waals surface area contributed by atoms with Crippen molar-refractivity contribution in [1.29, 1.82) is 0 Å². The quantitative estimate of drug-likeness (QED) is 0.622. The zero-order valence-corrected chi connectivity index (χ0v) is 6.41. The average molecular weight is 159 g/mol. The van der Waals surface area contributed by atoms with Crippen LogP contribution >= 0.6 is 0 Å². The fourth-order valence-electron chi connectivity index (χ4n) is 1.21. The zero-order valence-electron chi connectivity index (χ0n) is 6.41. The number of rotatable bonds is 1. The molecule has 1 aliphatic heterocycles. The molecule has 2 heteroatoms. The fraction of sp³-hybridized carbons (Fsp3) is 0.100. The van der Waals surface area contributed by atoms with Gasteiger partial charge >= 0.3 is 0 Å². The number of allylic oxidation sites excluding steroid dienone is 1. The van der Waals surface area contributed by atoms with E-state index in [1.165, 1.54) is 0 Å². The largest absolute Gasteiger partial charge is 0.465 e. The van der Waals surface area contributed by atoms with Gasteiger partial charge in [-0.15, -0.1) is 0 Å². The normalized spacial score (nSPS) is 13.3. The summed E-state index contributed by atoms with van der Waals surface area (Å²) in [4.78, 5) is 10.3. The fourth-order valence-corrected chi connectivity index (χ4v) is 1.21. The van der Waals surface area contributed by atoms with Gasteiger partial charge in [-0.3, -0.25) is 4.79 Å². The topological polar surface area (TPSA) is 26.3 Å². The van der Waals surface area contributed by atoms with E-state index >= 15 is 0 Å². The van der Waals surface area contributed by atoms with Gasteiger partial charge in [-0.25, -0.2) is 0 Å². The van der Waals surface area contributed by atoms with Crippen LogP contribution in [-0.4, -0.2) is 6.29 Å². The van der Waals surface area contributed by atoms with Gasteiger partial charge in [-0.1, -0.05) is 0 Å². The summed E-state index contributed by atoms with van der Waals surface area (Å²) in [5.74, 6) is 0.830. The molecular weight excluding hydrogens is 152 g/mol. The van der Waals surface area contributed by atoms with Crippen molar-refractivity contribution in [1.82, 2.24) is 0 Å². The number of ether oxygens (including phenoxy) is 1. The van der Waals surface area contributed by atoms with Crippen LogP contribution in [0.15, 0.2) is 30.5 Å². The second-order valence-electron chi connectivity index (χ2n) is 2.62. The SMILES string of the molecule is O=[C]c1ccc2c(c1)CC=CO2. The maximum atomic E-state index is 10.3. The van der Waals surface area contributed by atoms with Gasteiger partial charge in [0.15, 0.2) is 0 Å². The van der Waals surface area contributed by atoms with Crippen LogP contribution in [0.25, 0.3) is 0 Å². The molecule has 0 amide bonds. The second-order valence-corrected chi connectivity index (χ2v) is 2.62. The van der Waals surface area contributed by atoms with E-state index in [1.807, 2.05) is 12.4 Å². The molecule has 1 heterocycles. The van der Waals surface area contributed by atoms with Gasteiger partial charge in [0.1, 0.15) is 5.75 Å². The Hall–Kier alpha value is -1.57. The van der Waals surface area contributed by atoms with Gasteiger partial charge in [-0.2, -0.15) is 0 Å². The Morgan fingerprint density at radius 2 is 2.33 bits per heavy atom. The van der Waals surface area contributed by atoms with Crippen LogP contribution in [0.1, 0.15) is 11.1 Å². The summed E-state index contributed by atoms with van der Waals surface area (Å²) >= 11 is 0. The van der Waals surface area contributed by atoms with Crippen molar-refractivity contribution in [2.24, 2.45) is 0 Å². The van der Waals surface area contributed by atoms with E-state index in [0.717, 1.165) is 17.7 Å².